The van der Waals surface area contributed by atoms with Gasteiger partial charge in [0.1, 0.15) is 5.75 Å². The van der Waals surface area contributed by atoms with Crippen molar-refractivity contribution in [1.29, 1.82) is 0 Å². The molecule has 2 aliphatic rings. The van der Waals surface area contributed by atoms with Crippen LogP contribution < -0.4 is 9.64 Å². The first kappa shape index (κ1) is 20.3. The van der Waals surface area contributed by atoms with E-state index >= 15 is 0 Å². The van der Waals surface area contributed by atoms with Crippen molar-refractivity contribution in [3.05, 3.63) is 65.9 Å². The number of aromatic nitrogens is 2. The van der Waals surface area contributed by atoms with Gasteiger partial charge in [-0.3, -0.25) is 0 Å². The molecule has 0 bridgehead atoms. The van der Waals surface area contributed by atoms with Crippen molar-refractivity contribution in [3.63, 3.8) is 0 Å². The van der Waals surface area contributed by atoms with E-state index in [9.17, 15) is 8.42 Å². The molecule has 2 unspecified atom stereocenters. The SMILES string of the molecule is CS(=O)(=O)c1ccc(-c2ccc(OCC3C4CN(c5ncc(Cl)cn5)C[C@H]34)cc2)cc1. The molecule has 1 saturated heterocycles. The fraction of sp³-hybridized carbons (Fsp3) is 0.304. The van der Waals surface area contributed by atoms with Crippen LogP contribution >= 0.6 is 11.6 Å². The molecule has 0 N–H and O–H groups in total. The molecule has 6 nitrogen and oxygen atoms in total. The third-order valence-corrected chi connectivity index (χ3v) is 7.50. The summed E-state index contributed by atoms with van der Waals surface area (Å²) in [5.74, 6) is 3.43. The van der Waals surface area contributed by atoms with Crippen molar-refractivity contribution in [2.45, 2.75) is 4.90 Å². The van der Waals surface area contributed by atoms with Crippen molar-refractivity contribution in [1.82, 2.24) is 9.97 Å². The summed E-state index contributed by atoms with van der Waals surface area (Å²) in [6.45, 7) is 2.64. The molecule has 31 heavy (non-hydrogen) atoms. The number of sulfone groups is 1. The van der Waals surface area contributed by atoms with Gasteiger partial charge < -0.3 is 9.64 Å². The maximum absolute atomic E-state index is 11.6. The lowest BCUT2D eigenvalue weighted by atomic mass is 10.1. The molecule has 1 saturated carbocycles. The largest absolute Gasteiger partial charge is 0.493 e. The third kappa shape index (κ3) is 4.25. The third-order valence-electron chi connectivity index (χ3n) is 6.17. The maximum atomic E-state index is 11.6. The first-order chi connectivity index (χ1) is 14.9. The first-order valence-corrected chi connectivity index (χ1v) is 12.4. The number of anilines is 1. The standard InChI is InChI=1S/C23H22ClN3O3S/c1-31(28,29)19-8-4-16(5-9-19)15-2-6-18(7-3-15)30-14-22-20-12-27(13-21(20)22)23-25-10-17(24)11-26-23/h2-11,20-22H,12-14H2,1H3/t20-,21?,22?/m0/s1. The second-order valence-electron chi connectivity index (χ2n) is 8.23. The van der Waals surface area contributed by atoms with Crippen molar-refractivity contribution in [3.8, 4) is 16.9 Å². The summed E-state index contributed by atoms with van der Waals surface area (Å²) in [4.78, 5) is 11.2. The fourth-order valence-electron chi connectivity index (χ4n) is 4.36. The molecule has 8 heteroatoms. The Balaban J connectivity index is 1.14. The summed E-state index contributed by atoms with van der Waals surface area (Å²) >= 11 is 5.86. The van der Waals surface area contributed by atoms with E-state index < -0.39 is 9.84 Å². The molecule has 0 radical (unpaired) electrons. The van der Waals surface area contributed by atoms with E-state index in [2.05, 4.69) is 14.9 Å². The van der Waals surface area contributed by atoms with Crippen molar-refractivity contribution in [2.24, 2.45) is 17.8 Å². The topological polar surface area (TPSA) is 72.4 Å². The minimum Gasteiger partial charge on any atom is -0.493 e. The molecule has 1 aromatic heterocycles. The molecule has 2 heterocycles. The quantitative estimate of drug-likeness (QED) is 0.560. The zero-order valence-corrected chi connectivity index (χ0v) is 18.6. The number of hydrogen-bond acceptors (Lipinski definition) is 6. The Morgan fingerprint density at radius 1 is 0.968 bits per heavy atom. The van der Waals surface area contributed by atoms with Gasteiger partial charge in [-0.2, -0.15) is 0 Å². The van der Waals surface area contributed by atoms with E-state index in [1.54, 1.807) is 24.5 Å². The molecule has 0 amide bonds. The number of ether oxygens (including phenoxy) is 1. The highest BCUT2D eigenvalue weighted by Crippen LogP contribution is 2.52. The smallest absolute Gasteiger partial charge is 0.225 e. The van der Waals surface area contributed by atoms with Crippen molar-refractivity contribution < 1.29 is 13.2 Å². The van der Waals surface area contributed by atoms with E-state index in [4.69, 9.17) is 16.3 Å². The molecule has 5 rings (SSSR count). The lowest BCUT2D eigenvalue weighted by Crippen LogP contribution is -2.27. The van der Waals surface area contributed by atoms with Crippen molar-refractivity contribution in [2.75, 3.05) is 30.9 Å². The Hall–Kier alpha value is -2.64. The van der Waals surface area contributed by atoms with E-state index in [0.29, 0.717) is 34.3 Å². The second kappa shape index (κ2) is 7.80. The molecular weight excluding hydrogens is 434 g/mol. The van der Waals surface area contributed by atoms with E-state index in [-0.39, 0.29) is 0 Å². The molecule has 1 aliphatic heterocycles. The summed E-state index contributed by atoms with van der Waals surface area (Å²) < 4.78 is 29.2. The number of hydrogen-bond donors (Lipinski definition) is 0. The molecule has 2 fully saturated rings. The number of halogens is 1. The van der Waals surface area contributed by atoms with Gasteiger partial charge in [0, 0.05) is 25.3 Å². The minimum absolute atomic E-state index is 0.326. The van der Waals surface area contributed by atoms with Gasteiger partial charge in [0.05, 0.1) is 28.9 Å². The van der Waals surface area contributed by atoms with Gasteiger partial charge in [-0.25, -0.2) is 18.4 Å². The zero-order valence-electron chi connectivity index (χ0n) is 17.0. The van der Waals surface area contributed by atoms with Crippen LogP contribution in [-0.4, -0.2) is 44.3 Å². The predicted molar refractivity (Wildman–Crippen MR) is 120 cm³/mol. The number of fused-ring (bicyclic) bond motifs is 1. The van der Waals surface area contributed by atoms with Gasteiger partial charge in [-0.1, -0.05) is 35.9 Å². The Morgan fingerprint density at radius 3 is 2.06 bits per heavy atom. The fourth-order valence-corrected chi connectivity index (χ4v) is 5.09. The summed E-state index contributed by atoms with van der Waals surface area (Å²) in [5.41, 5.74) is 1.99. The molecule has 160 valence electrons. The van der Waals surface area contributed by atoms with Crippen LogP contribution in [0.4, 0.5) is 5.95 Å². The van der Waals surface area contributed by atoms with E-state index in [1.165, 1.54) is 6.26 Å². The summed E-state index contributed by atoms with van der Waals surface area (Å²) in [7, 11) is -3.18. The van der Waals surface area contributed by atoms with Gasteiger partial charge >= 0.3 is 0 Å². The van der Waals surface area contributed by atoms with E-state index in [1.807, 2.05) is 36.4 Å². The zero-order chi connectivity index (χ0) is 21.6. The number of benzene rings is 2. The van der Waals surface area contributed by atoms with Crippen LogP contribution in [0, 0.1) is 17.8 Å². The molecule has 0 spiro atoms. The van der Waals surface area contributed by atoms with Crippen LogP contribution in [0.1, 0.15) is 0 Å². The predicted octanol–water partition coefficient (Wildman–Crippen LogP) is 3.96. The Labute approximate surface area is 186 Å². The van der Waals surface area contributed by atoms with E-state index in [0.717, 1.165) is 35.9 Å². The summed E-state index contributed by atoms with van der Waals surface area (Å²) in [6.07, 6.45) is 4.49. The summed E-state index contributed by atoms with van der Waals surface area (Å²) in [5, 5.41) is 0.552. The highest BCUT2D eigenvalue weighted by molar-refractivity contribution is 7.90. The average Bonchev–Trinajstić information content (AvgIpc) is 3.21. The Bertz CT molecular complexity index is 1170. The molecule has 1 aliphatic carbocycles. The van der Waals surface area contributed by atoms with Crippen LogP contribution in [0.3, 0.4) is 0 Å². The minimum atomic E-state index is -3.18. The van der Waals surface area contributed by atoms with Gasteiger partial charge in [-0.15, -0.1) is 0 Å². The number of piperidine rings is 1. The molecular formula is C23H22ClN3O3S. The monoisotopic (exact) mass is 455 g/mol. The molecule has 3 atom stereocenters. The van der Waals surface area contributed by atoms with Gasteiger partial charge in [0.25, 0.3) is 0 Å². The van der Waals surface area contributed by atoms with Gasteiger partial charge in [0.15, 0.2) is 9.84 Å². The summed E-state index contributed by atoms with van der Waals surface area (Å²) in [6, 6.07) is 14.9. The second-order valence-corrected chi connectivity index (χ2v) is 10.7. The Kier molecular flexibility index (Phi) is 5.10. The Morgan fingerprint density at radius 2 is 1.52 bits per heavy atom. The molecule has 2 aromatic carbocycles. The maximum Gasteiger partial charge on any atom is 0.225 e. The normalized spacial score (nSPS) is 22.3. The number of nitrogens with zero attached hydrogens (tertiary/aromatic N) is 3. The lowest BCUT2D eigenvalue weighted by molar-refractivity contribution is 0.283. The van der Waals surface area contributed by atoms with Crippen molar-refractivity contribution >= 4 is 27.4 Å². The van der Waals surface area contributed by atoms with Gasteiger partial charge in [-0.05, 0) is 47.2 Å². The highest BCUT2D eigenvalue weighted by atomic mass is 35.5. The van der Waals surface area contributed by atoms with Crippen LogP contribution in [0.25, 0.3) is 11.1 Å². The lowest BCUT2D eigenvalue weighted by Gasteiger charge is -2.19. The highest BCUT2D eigenvalue weighted by Gasteiger charge is 2.56. The number of rotatable bonds is 6. The van der Waals surface area contributed by atoms with Crippen LogP contribution in [0.15, 0.2) is 65.8 Å². The van der Waals surface area contributed by atoms with Crippen LogP contribution in [0.2, 0.25) is 5.02 Å². The average molecular weight is 456 g/mol. The first-order valence-electron chi connectivity index (χ1n) is 10.1. The van der Waals surface area contributed by atoms with Crippen LogP contribution in [-0.2, 0) is 9.84 Å². The van der Waals surface area contributed by atoms with Gasteiger partial charge in [0.2, 0.25) is 5.95 Å². The van der Waals surface area contributed by atoms with Crippen LogP contribution in [0.5, 0.6) is 5.75 Å². The molecule has 3 aromatic rings.